The van der Waals surface area contributed by atoms with Gasteiger partial charge < -0.3 is 15.0 Å². The molecule has 1 fully saturated rings. The second kappa shape index (κ2) is 6.61. The smallest absolute Gasteiger partial charge is 0.227 e. The fourth-order valence-corrected chi connectivity index (χ4v) is 2.79. The van der Waals surface area contributed by atoms with Crippen molar-refractivity contribution in [3.63, 3.8) is 0 Å². The van der Waals surface area contributed by atoms with Crippen LogP contribution in [0.2, 0.25) is 0 Å². The van der Waals surface area contributed by atoms with Crippen LogP contribution in [0.5, 0.6) is 0 Å². The highest BCUT2D eigenvalue weighted by atomic mass is 16.5. The van der Waals surface area contributed by atoms with Gasteiger partial charge in [-0.3, -0.25) is 4.79 Å². The van der Waals surface area contributed by atoms with Crippen molar-refractivity contribution in [2.45, 2.75) is 58.6 Å². The Bertz CT molecular complexity index is 352. The average molecular weight is 280 g/mol. The van der Waals surface area contributed by atoms with Crippen LogP contribution < -0.4 is 5.32 Å². The number of rotatable bonds is 3. The van der Waals surface area contributed by atoms with Gasteiger partial charge >= 0.3 is 0 Å². The zero-order chi connectivity index (χ0) is 14.6. The molecular formula is C16H28N2O2. The molecule has 2 rings (SSSR count). The van der Waals surface area contributed by atoms with Crippen LogP contribution in [-0.2, 0) is 9.53 Å². The van der Waals surface area contributed by atoms with E-state index in [0.29, 0.717) is 12.1 Å². The largest absolute Gasteiger partial charge is 0.497 e. The first-order chi connectivity index (χ1) is 9.47. The van der Waals surface area contributed by atoms with Crippen molar-refractivity contribution < 1.29 is 9.53 Å². The summed E-state index contributed by atoms with van der Waals surface area (Å²) in [6.07, 6.45) is 8.52. The van der Waals surface area contributed by atoms with Crippen molar-refractivity contribution in [2.24, 2.45) is 5.41 Å². The molecule has 1 atom stereocenters. The van der Waals surface area contributed by atoms with Crippen molar-refractivity contribution in [2.75, 3.05) is 19.6 Å². The average Bonchev–Trinajstić information content (AvgIpc) is 2.45. The second-order valence-corrected chi connectivity index (χ2v) is 6.93. The van der Waals surface area contributed by atoms with Crippen molar-refractivity contribution in [1.29, 1.82) is 0 Å². The number of hydrogen-bond donors (Lipinski definition) is 1. The SMILES string of the molecule is CC(C)(C)C(=O)N1CCC(NCC2CCC=CO2)CC1. The summed E-state index contributed by atoms with van der Waals surface area (Å²) < 4.78 is 5.57. The van der Waals surface area contributed by atoms with E-state index < -0.39 is 0 Å². The Morgan fingerprint density at radius 1 is 1.30 bits per heavy atom. The molecule has 1 saturated heterocycles. The van der Waals surface area contributed by atoms with Gasteiger partial charge in [-0.25, -0.2) is 0 Å². The summed E-state index contributed by atoms with van der Waals surface area (Å²) in [6.45, 7) is 8.65. The molecule has 2 aliphatic rings. The third kappa shape index (κ3) is 4.23. The summed E-state index contributed by atoms with van der Waals surface area (Å²) in [5.74, 6) is 0.275. The number of amides is 1. The third-order valence-corrected chi connectivity index (χ3v) is 4.08. The van der Waals surface area contributed by atoms with Crippen LogP contribution >= 0.6 is 0 Å². The van der Waals surface area contributed by atoms with Crippen molar-refractivity contribution in [3.05, 3.63) is 12.3 Å². The standard InChI is InChI=1S/C16H28N2O2/c1-16(2,3)15(19)18-9-7-13(8-10-18)17-12-14-6-4-5-11-20-14/h5,11,13-14,17H,4,6-10,12H2,1-3H3. The highest BCUT2D eigenvalue weighted by Gasteiger charge is 2.30. The zero-order valence-corrected chi connectivity index (χ0v) is 13.0. The highest BCUT2D eigenvalue weighted by Crippen LogP contribution is 2.21. The molecule has 1 unspecified atom stereocenters. The van der Waals surface area contributed by atoms with Crippen LogP contribution in [-0.4, -0.2) is 42.6 Å². The number of carbonyl (C=O) groups excluding carboxylic acids is 1. The van der Waals surface area contributed by atoms with E-state index in [1.165, 1.54) is 0 Å². The molecule has 0 saturated carbocycles. The van der Waals surface area contributed by atoms with Crippen LogP contribution in [0, 0.1) is 5.41 Å². The first-order valence-corrected chi connectivity index (χ1v) is 7.80. The Morgan fingerprint density at radius 2 is 2.00 bits per heavy atom. The second-order valence-electron chi connectivity index (χ2n) is 6.93. The number of nitrogens with zero attached hydrogens (tertiary/aromatic N) is 1. The molecule has 114 valence electrons. The molecule has 0 radical (unpaired) electrons. The van der Waals surface area contributed by atoms with Gasteiger partial charge in [-0.05, 0) is 31.8 Å². The van der Waals surface area contributed by atoms with E-state index in [-0.39, 0.29) is 11.3 Å². The topological polar surface area (TPSA) is 41.6 Å². The van der Waals surface area contributed by atoms with E-state index in [2.05, 4.69) is 11.4 Å². The van der Waals surface area contributed by atoms with Gasteiger partial charge in [0.25, 0.3) is 0 Å². The summed E-state index contributed by atoms with van der Waals surface area (Å²) in [7, 11) is 0. The van der Waals surface area contributed by atoms with E-state index in [1.807, 2.05) is 31.9 Å². The van der Waals surface area contributed by atoms with Crippen LogP contribution in [0.1, 0.15) is 46.5 Å². The number of hydrogen-bond acceptors (Lipinski definition) is 3. The number of carbonyl (C=O) groups is 1. The molecule has 2 heterocycles. The summed E-state index contributed by atoms with van der Waals surface area (Å²) in [4.78, 5) is 14.2. The minimum atomic E-state index is -0.261. The Hall–Kier alpha value is -1.03. The van der Waals surface area contributed by atoms with E-state index >= 15 is 0 Å². The predicted octanol–water partition coefficient (Wildman–Crippen LogP) is 2.31. The Kier molecular flexibility index (Phi) is 5.08. The monoisotopic (exact) mass is 280 g/mol. The molecule has 0 spiro atoms. The quantitative estimate of drug-likeness (QED) is 0.862. The van der Waals surface area contributed by atoms with Gasteiger partial charge in [0, 0.05) is 31.1 Å². The molecule has 0 bridgehead atoms. The first kappa shape index (κ1) is 15.4. The summed E-state index contributed by atoms with van der Waals surface area (Å²) in [5.41, 5.74) is -0.261. The minimum Gasteiger partial charge on any atom is -0.497 e. The molecule has 1 amide bonds. The predicted molar refractivity (Wildman–Crippen MR) is 80.3 cm³/mol. The van der Waals surface area contributed by atoms with Gasteiger partial charge in [0.1, 0.15) is 6.10 Å². The van der Waals surface area contributed by atoms with Crippen LogP contribution in [0.25, 0.3) is 0 Å². The van der Waals surface area contributed by atoms with Crippen molar-refractivity contribution in [3.8, 4) is 0 Å². The maximum atomic E-state index is 12.2. The molecule has 0 aromatic rings. The maximum Gasteiger partial charge on any atom is 0.227 e. The van der Waals surface area contributed by atoms with E-state index in [1.54, 1.807) is 0 Å². The summed E-state index contributed by atoms with van der Waals surface area (Å²) in [6, 6.07) is 0.522. The van der Waals surface area contributed by atoms with Gasteiger partial charge in [-0.2, -0.15) is 0 Å². The van der Waals surface area contributed by atoms with E-state index in [4.69, 9.17) is 4.74 Å². The molecule has 2 aliphatic heterocycles. The van der Waals surface area contributed by atoms with Gasteiger partial charge in [-0.1, -0.05) is 20.8 Å². The maximum absolute atomic E-state index is 12.2. The molecule has 0 aromatic carbocycles. The third-order valence-electron chi connectivity index (χ3n) is 4.08. The van der Waals surface area contributed by atoms with Crippen LogP contribution in [0.15, 0.2) is 12.3 Å². The van der Waals surface area contributed by atoms with Crippen LogP contribution in [0.4, 0.5) is 0 Å². The number of nitrogens with one attached hydrogen (secondary N) is 1. The Morgan fingerprint density at radius 3 is 2.55 bits per heavy atom. The molecule has 1 N–H and O–H groups in total. The molecule has 4 heteroatoms. The van der Waals surface area contributed by atoms with Gasteiger partial charge in [0.05, 0.1) is 6.26 Å². The lowest BCUT2D eigenvalue weighted by molar-refractivity contribution is -0.140. The van der Waals surface area contributed by atoms with E-state index in [0.717, 1.165) is 45.3 Å². The molecular weight excluding hydrogens is 252 g/mol. The van der Waals surface area contributed by atoms with Gasteiger partial charge in [0.15, 0.2) is 0 Å². The number of allylic oxidation sites excluding steroid dienone is 1. The molecule has 0 aliphatic carbocycles. The van der Waals surface area contributed by atoms with Crippen LogP contribution in [0.3, 0.4) is 0 Å². The molecule has 20 heavy (non-hydrogen) atoms. The summed E-state index contributed by atoms with van der Waals surface area (Å²) in [5, 5.41) is 3.59. The first-order valence-electron chi connectivity index (χ1n) is 7.80. The van der Waals surface area contributed by atoms with Gasteiger partial charge in [-0.15, -0.1) is 0 Å². The molecule has 4 nitrogen and oxygen atoms in total. The number of ether oxygens (including phenoxy) is 1. The van der Waals surface area contributed by atoms with Crippen molar-refractivity contribution in [1.82, 2.24) is 10.2 Å². The molecule has 0 aromatic heterocycles. The normalized spacial score (nSPS) is 24.6. The lowest BCUT2D eigenvalue weighted by atomic mass is 9.93. The highest BCUT2D eigenvalue weighted by molar-refractivity contribution is 5.81. The summed E-state index contributed by atoms with van der Waals surface area (Å²) >= 11 is 0. The van der Waals surface area contributed by atoms with E-state index in [9.17, 15) is 4.79 Å². The number of likely N-dealkylation sites (tertiary alicyclic amines) is 1. The Labute approximate surface area is 122 Å². The lowest BCUT2D eigenvalue weighted by Crippen LogP contribution is -2.49. The Balaban J connectivity index is 1.69. The minimum absolute atomic E-state index is 0.261. The van der Waals surface area contributed by atoms with Gasteiger partial charge in [0.2, 0.25) is 5.91 Å². The number of piperidine rings is 1. The van der Waals surface area contributed by atoms with Crippen molar-refractivity contribution >= 4 is 5.91 Å². The fourth-order valence-electron chi connectivity index (χ4n) is 2.79. The zero-order valence-electron chi connectivity index (χ0n) is 13.0. The lowest BCUT2D eigenvalue weighted by Gasteiger charge is -2.36. The fraction of sp³-hybridized carbons (Fsp3) is 0.812.